The third kappa shape index (κ3) is 12.7. The Balaban J connectivity index is 3.79. The summed E-state index contributed by atoms with van der Waals surface area (Å²) in [6.07, 6.45) is 1.02. The molecule has 0 heterocycles. The van der Waals surface area contributed by atoms with E-state index in [1.807, 2.05) is 13.2 Å². The zero-order valence-corrected chi connectivity index (χ0v) is 16.0. The Morgan fingerprint density at radius 3 is 2.58 bits per heavy atom. The van der Waals surface area contributed by atoms with Gasteiger partial charge in [-0.15, -0.1) is 0 Å². The van der Waals surface area contributed by atoms with E-state index >= 15 is 0 Å². The van der Waals surface area contributed by atoms with Crippen LogP contribution in [0.1, 0.15) is 19.8 Å². The van der Waals surface area contributed by atoms with Crippen LogP contribution < -0.4 is 10.6 Å². The number of hydrogen-bond acceptors (Lipinski definition) is 8. The zero-order valence-electron chi connectivity index (χ0n) is 14.4. The second-order valence-electron chi connectivity index (χ2n) is 4.63. The predicted octanol–water partition coefficient (Wildman–Crippen LogP) is 0.990. The van der Waals surface area contributed by atoms with Crippen molar-refractivity contribution in [2.45, 2.75) is 32.2 Å². The SMILES string of the molecule is CCC(CO)OC(COC(=O)NCCC(=O)NCCSSC)OC. The highest BCUT2D eigenvalue weighted by Crippen LogP contribution is 2.14. The quantitative estimate of drug-likeness (QED) is 0.231. The largest absolute Gasteiger partial charge is 0.444 e. The van der Waals surface area contributed by atoms with E-state index < -0.39 is 12.4 Å². The normalized spacial score (nSPS) is 13.2. The molecule has 2 amide bonds. The van der Waals surface area contributed by atoms with Crippen molar-refractivity contribution in [2.75, 3.05) is 45.4 Å². The Labute approximate surface area is 151 Å². The van der Waals surface area contributed by atoms with E-state index in [9.17, 15) is 9.59 Å². The highest BCUT2D eigenvalue weighted by molar-refractivity contribution is 8.76. The van der Waals surface area contributed by atoms with E-state index in [0.29, 0.717) is 13.0 Å². The maximum Gasteiger partial charge on any atom is 0.407 e. The number of carbonyl (C=O) groups is 2. The summed E-state index contributed by atoms with van der Waals surface area (Å²) in [5, 5.41) is 14.3. The average molecular weight is 385 g/mol. The van der Waals surface area contributed by atoms with Crippen molar-refractivity contribution in [1.82, 2.24) is 10.6 Å². The first-order valence-electron chi connectivity index (χ1n) is 7.69. The Kier molecular flexibility index (Phi) is 15.4. The fraction of sp³-hybridized carbons (Fsp3) is 0.857. The van der Waals surface area contributed by atoms with Crippen molar-refractivity contribution < 1.29 is 28.9 Å². The maximum absolute atomic E-state index is 11.5. The molecular weight excluding hydrogens is 356 g/mol. The molecule has 0 saturated heterocycles. The summed E-state index contributed by atoms with van der Waals surface area (Å²) >= 11 is 0. The summed E-state index contributed by atoms with van der Waals surface area (Å²) < 4.78 is 15.4. The van der Waals surface area contributed by atoms with Gasteiger partial charge in [-0.1, -0.05) is 28.5 Å². The third-order valence-electron chi connectivity index (χ3n) is 2.86. The molecule has 2 unspecified atom stereocenters. The first-order chi connectivity index (χ1) is 11.6. The molecular formula is C14H28N2O6S2. The molecule has 0 aromatic heterocycles. The van der Waals surface area contributed by atoms with Gasteiger partial charge in [0.1, 0.15) is 6.61 Å². The Bertz CT molecular complexity index is 345. The molecule has 10 heteroatoms. The lowest BCUT2D eigenvalue weighted by Crippen LogP contribution is -2.35. The van der Waals surface area contributed by atoms with Crippen LogP contribution in [-0.4, -0.2) is 74.9 Å². The van der Waals surface area contributed by atoms with Crippen molar-refractivity contribution in [1.29, 1.82) is 0 Å². The maximum atomic E-state index is 11.5. The number of carbonyl (C=O) groups excluding carboxylic acids is 2. The van der Waals surface area contributed by atoms with Crippen LogP contribution in [0.2, 0.25) is 0 Å². The van der Waals surface area contributed by atoms with Crippen molar-refractivity contribution in [3.8, 4) is 0 Å². The van der Waals surface area contributed by atoms with Crippen molar-refractivity contribution in [3.05, 3.63) is 0 Å². The van der Waals surface area contributed by atoms with Gasteiger partial charge in [0.05, 0.1) is 12.7 Å². The number of aliphatic hydroxyl groups is 1. The van der Waals surface area contributed by atoms with Gasteiger partial charge in [-0.05, 0) is 12.7 Å². The number of amides is 2. The van der Waals surface area contributed by atoms with Crippen LogP contribution in [-0.2, 0) is 19.0 Å². The monoisotopic (exact) mass is 384 g/mol. The van der Waals surface area contributed by atoms with Crippen LogP contribution in [0.3, 0.4) is 0 Å². The summed E-state index contributed by atoms with van der Waals surface area (Å²) in [5.74, 6) is 0.719. The zero-order chi connectivity index (χ0) is 18.2. The highest BCUT2D eigenvalue weighted by atomic mass is 33.1. The van der Waals surface area contributed by atoms with Gasteiger partial charge in [0.2, 0.25) is 5.91 Å². The molecule has 0 aliphatic rings. The van der Waals surface area contributed by atoms with Gasteiger partial charge >= 0.3 is 6.09 Å². The summed E-state index contributed by atoms with van der Waals surface area (Å²) in [6, 6.07) is 0. The summed E-state index contributed by atoms with van der Waals surface area (Å²) in [4.78, 5) is 23.0. The molecule has 0 bridgehead atoms. The van der Waals surface area contributed by atoms with Gasteiger partial charge in [-0.2, -0.15) is 0 Å². The second kappa shape index (κ2) is 15.8. The predicted molar refractivity (Wildman–Crippen MR) is 96.0 cm³/mol. The second-order valence-corrected chi connectivity index (χ2v) is 7.31. The average Bonchev–Trinajstić information content (AvgIpc) is 2.59. The van der Waals surface area contributed by atoms with Gasteiger partial charge in [0, 0.05) is 32.4 Å². The molecule has 0 saturated carbocycles. The molecule has 142 valence electrons. The first-order valence-corrected chi connectivity index (χ1v) is 10.4. The molecule has 0 aromatic carbocycles. The number of methoxy groups -OCH3 is 1. The Morgan fingerprint density at radius 1 is 1.25 bits per heavy atom. The standard InChI is InChI=1S/C14H28N2O6S2/c1-4-11(9-17)22-13(20-2)10-21-14(19)16-6-5-12(18)15-7-8-24-23-3/h11,13,17H,4-10H2,1-3H3,(H,15,18)(H,16,19). The lowest BCUT2D eigenvalue weighted by molar-refractivity contribution is -0.181. The lowest BCUT2D eigenvalue weighted by atomic mass is 10.3. The van der Waals surface area contributed by atoms with Crippen LogP contribution >= 0.6 is 21.6 Å². The first kappa shape index (κ1) is 23.3. The number of alkyl carbamates (subject to hydrolysis) is 1. The highest BCUT2D eigenvalue weighted by Gasteiger charge is 2.16. The molecule has 0 aliphatic heterocycles. The number of aliphatic hydroxyl groups excluding tert-OH is 1. The van der Waals surface area contributed by atoms with E-state index in [0.717, 1.165) is 5.75 Å². The number of hydrogen-bond donors (Lipinski definition) is 3. The number of nitrogens with one attached hydrogen (secondary N) is 2. The number of rotatable bonds is 14. The molecule has 0 spiro atoms. The minimum Gasteiger partial charge on any atom is -0.444 e. The molecule has 0 rings (SSSR count). The van der Waals surface area contributed by atoms with Crippen LogP contribution in [0.15, 0.2) is 0 Å². The molecule has 8 nitrogen and oxygen atoms in total. The molecule has 24 heavy (non-hydrogen) atoms. The molecule has 0 aromatic rings. The topological polar surface area (TPSA) is 106 Å². The van der Waals surface area contributed by atoms with Crippen molar-refractivity contribution >= 4 is 33.6 Å². The van der Waals surface area contributed by atoms with Crippen molar-refractivity contribution in [2.24, 2.45) is 0 Å². The van der Waals surface area contributed by atoms with E-state index in [1.54, 1.807) is 21.6 Å². The van der Waals surface area contributed by atoms with Crippen LogP contribution in [0.25, 0.3) is 0 Å². The smallest absolute Gasteiger partial charge is 0.407 e. The molecule has 0 radical (unpaired) electrons. The lowest BCUT2D eigenvalue weighted by Gasteiger charge is -2.21. The summed E-state index contributed by atoms with van der Waals surface area (Å²) in [7, 11) is 4.74. The molecule has 0 fully saturated rings. The van der Waals surface area contributed by atoms with Gasteiger partial charge < -0.3 is 30.0 Å². The van der Waals surface area contributed by atoms with Gasteiger partial charge in [0.15, 0.2) is 6.29 Å². The number of ether oxygens (including phenoxy) is 3. The minimum absolute atomic E-state index is 0.100. The Morgan fingerprint density at radius 2 is 2.00 bits per heavy atom. The fourth-order valence-corrected chi connectivity index (χ4v) is 2.62. The van der Waals surface area contributed by atoms with E-state index in [1.165, 1.54) is 7.11 Å². The van der Waals surface area contributed by atoms with Gasteiger partial charge in [0.25, 0.3) is 0 Å². The van der Waals surface area contributed by atoms with Gasteiger partial charge in [-0.25, -0.2) is 4.79 Å². The van der Waals surface area contributed by atoms with E-state index in [2.05, 4.69) is 10.6 Å². The molecule has 3 N–H and O–H groups in total. The minimum atomic E-state index is -0.745. The van der Waals surface area contributed by atoms with Gasteiger partial charge in [-0.3, -0.25) is 4.79 Å². The van der Waals surface area contributed by atoms with Crippen molar-refractivity contribution in [3.63, 3.8) is 0 Å². The van der Waals surface area contributed by atoms with Crippen LogP contribution in [0, 0.1) is 0 Å². The fourth-order valence-electron chi connectivity index (χ4n) is 1.52. The molecule has 2 atom stereocenters. The van der Waals surface area contributed by atoms with Crippen LogP contribution in [0.4, 0.5) is 4.79 Å². The van der Waals surface area contributed by atoms with Crippen LogP contribution in [0.5, 0.6) is 0 Å². The van der Waals surface area contributed by atoms with E-state index in [4.69, 9.17) is 19.3 Å². The van der Waals surface area contributed by atoms with E-state index in [-0.39, 0.29) is 38.2 Å². The summed E-state index contributed by atoms with van der Waals surface area (Å²) in [5.41, 5.74) is 0. The molecule has 0 aliphatic carbocycles. The summed E-state index contributed by atoms with van der Waals surface area (Å²) in [6.45, 7) is 2.42. The third-order valence-corrected chi connectivity index (χ3v) is 4.68. The Hall–Kier alpha value is -0.680.